The number of carboxylic acid groups (broad SMARTS) is 1. The molecular formula is C28H46N2O4. The van der Waals surface area contributed by atoms with Gasteiger partial charge in [-0.1, -0.05) is 68.9 Å². The molecule has 0 heterocycles. The van der Waals surface area contributed by atoms with E-state index in [-0.39, 0.29) is 0 Å². The predicted molar refractivity (Wildman–Crippen MR) is 137 cm³/mol. The number of benzene rings is 1. The van der Waals surface area contributed by atoms with Crippen molar-refractivity contribution in [1.82, 2.24) is 10.6 Å². The Labute approximate surface area is 206 Å². The Morgan fingerprint density at radius 3 is 1.94 bits per heavy atom. The number of ether oxygens (including phenoxy) is 1. The van der Waals surface area contributed by atoms with Crippen molar-refractivity contribution >= 4 is 12.1 Å². The first-order chi connectivity index (χ1) is 16.2. The number of carbonyl (C=O) groups excluding carboxylic acids is 1. The normalized spacial score (nSPS) is 18.3. The molecule has 192 valence electrons. The van der Waals surface area contributed by atoms with E-state index in [1.54, 1.807) is 20.8 Å². The highest BCUT2D eigenvalue weighted by Crippen LogP contribution is 2.22. The second-order valence-electron chi connectivity index (χ2n) is 10.8. The Morgan fingerprint density at radius 2 is 1.47 bits per heavy atom. The summed E-state index contributed by atoms with van der Waals surface area (Å²) in [7, 11) is 0. The van der Waals surface area contributed by atoms with Gasteiger partial charge in [0.05, 0.1) is 0 Å². The summed E-state index contributed by atoms with van der Waals surface area (Å²) in [6.07, 6.45) is 15.7. The van der Waals surface area contributed by atoms with Gasteiger partial charge >= 0.3 is 12.1 Å². The number of hydrogen-bond donors (Lipinski definition) is 3. The highest BCUT2D eigenvalue weighted by atomic mass is 16.6. The largest absolute Gasteiger partial charge is 0.480 e. The number of hydrogen-bond acceptors (Lipinski definition) is 4. The van der Waals surface area contributed by atoms with Crippen LogP contribution in [0.3, 0.4) is 0 Å². The molecule has 2 aliphatic carbocycles. The fourth-order valence-corrected chi connectivity index (χ4v) is 4.73. The van der Waals surface area contributed by atoms with Gasteiger partial charge in [0.2, 0.25) is 0 Å². The highest BCUT2D eigenvalue weighted by molar-refractivity contribution is 5.79. The average molecular weight is 475 g/mol. The van der Waals surface area contributed by atoms with Crippen molar-refractivity contribution in [3.05, 3.63) is 35.9 Å². The lowest BCUT2D eigenvalue weighted by molar-refractivity contribution is -0.139. The fraction of sp³-hybridized carbons (Fsp3) is 0.714. The van der Waals surface area contributed by atoms with Gasteiger partial charge in [0.25, 0.3) is 0 Å². The smallest absolute Gasteiger partial charge is 0.408 e. The molecule has 6 nitrogen and oxygen atoms in total. The van der Waals surface area contributed by atoms with Gasteiger partial charge in [-0.05, 0) is 71.3 Å². The molecule has 3 N–H and O–H groups in total. The SMILES string of the molecule is C1CCC(NC2CCCCC2)CC1.CC(C)(C)OC(=O)N[C@H](CCCc1ccccc1)C(=O)O. The molecule has 0 unspecified atom stereocenters. The molecule has 0 aliphatic heterocycles. The number of aliphatic carboxylic acids is 1. The van der Waals surface area contributed by atoms with Crippen molar-refractivity contribution in [3.8, 4) is 0 Å². The number of rotatable bonds is 8. The third-order valence-electron chi connectivity index (χ3n) is 6.47. The number of carbonyl (C=O) groups is 2. The molecule has 2 saturated carbocycles. The lowest BCUT2D eigenvalue weighted by Crippen LogP contribution is -2.43. The van der Waals surface area contributed by atoms with Crippen LogP contribution >= 0.6 is 0 Å². The van der Waals surface area contributed by atoms with Crippen LogP contribution in [0.25, 0.3) is 0 Å². The summed E-state index contributed by atoms with van der Waals surface area (Å²) in [5.41, 5.74) is 0.510. The number of nitrogens with one attached hydrogen (secondary N) is 2. The van der Waals surface area contributed by atoms with Crippen LogP contribution < -0.4 is 10.6 Å². The third kappa shape index (κ3) is 12.4. The molecule has 0 saturated heterocycles. The van der Waals surface area contributed by atoms with Crippen molar-refractivity contribution in [2.45, 2.75) is 128 Å². The van der Waals surface area contributed by atoms with Gasteiger partial charge in [0.1, 0.15) is 11.6 Å². The van der Waals surface area contributed by atoms with Gasteiger partial charge < -0.3 is 20.5 Å². The first kappa shape index (κ1) is 28.2. The van der Waals surface area contributed by atoms with Gasteiger partial charge in [-0.25, -0.2) is 9.59 Å². The lowest BCUT2D eigenvalue weighted by Gasteiger charge is -2.30. The first-order valence-corrected chi connectivity index (χ1v) is 13.3. The van der Waals surface area contributed by atoms with E-state index < -0.39 is 23.7 Å². The molecule has 1 aromatic rings. The maximum absolute atomic E-state index is 11.6. The summed E-state index contributed by atoms with van der Waals surface area (Å²) >= 11 is 0. The van der Waals surface area contributed by atoms with E-state index in [0.717, 1.165) is 24.1 Å². The van der Waals surface area contributed by atoms with Crippen LogP contribution in [-0.4, -0.2) is 40.9 Å². The Kier molecular flexibility index (Phi) is 12.4. The average Bonchev–Trinajstić information content (AvgIpc) is 2.80. The summed E-state index contributed by atoms with van der Waals surface area (Å²) < 4.78 is 5.07. The zero-order valence-electron chi connectivity index (χ0n) is 21.5. The minimum absolute atomic E-state index is 0.365. The molecule has 2 aliphatic rings. The summed E-state index contributed by atoms with van der Waals surface area (Å²) in [5.74, 6) is -1.05. The summed E-state index contributed by atoms with van der Waals surface area (Å²) in [6, 6.07) is 10.6. The van der Waals surface area contributed by atoms with Gasteiger partial charge in [-0.2, -0.15) is 0 Å². The van der Waals surface area contributed by atoms with Gasteiger partial charge in [-0.15, -0.1) is 0 Å². The Hall–Kier alpha value is -2.08. The van der Waals surface area contributed by atoms with Gasteiger partial charge in [0, 0.05) is 12.1 Å². The van der Waals surface area contributed by atoms with Crippen molar-refractivity contribution in [2.24, 2.45) is 0 Å². The second kappa shape index (κ2) is 15.0. The third-order valence-corrected chi connectivity index (χ3v) is 6.47. The first-order valence-electron chi connectivity index (χ1n) is 13.3. The van der Waals surface area contributed by atoms with Crippen LogP contribution in [0.1, 0.15) is 103 Å². The summed E-state index contributed by atoms with van der Waals surface area (Å²) in [4.78, 5) is 22.8. The van der Waals surface area contributed by atoms with Crippen LogP contribution in [0.5, 0.6) is 0 Å². The maximum atomic E-state index is 11.6. The van der Waals surface area contributed by atoms with E-state index in [9.17, 15) is 9.59 Å². The summed E-state index contributed by atoms with van der Waals surface area (Å²) in [5, 5.41) is 15.4. The van der Waals surface area contributed by atoms with Crippen molar-refractivity contribution in [3.63, 3.8) is 0 Å². The zero-order chi connectivity index (χ0) is 24.8. The Balaban J connectivity index is 0.000000266. The maximum Gasteiger partial charge on any atom is 0.408 e. The molecule has 0 bridgehead atoms. The summed E-state index contributed by atoms with van der Waals surface area (Å²) in [6.45, 7) is 5.20. The molecular weight excluding hydrogens is 428 g/mol. The number of aryl methyl sites for hydroxylation is 1. The van der Waals surface area contributed by atoms with E-state index in [1.165, 1.54) is 64.2 Å². The van der Waals surface area contributed by atoms with Crippen molar-refractivity contribution in [1.29, 1.82) is 0 Å². The highest BCUT2D eigenvalue weighted by Gasteiger charge is 2.23. The van der Waals surface area contributed by atoms with Crippen LogP contribution in [-0.2, 0) is 16.0 Å². The lowest BCUT2D eigenvalue weighted by atomic mass is 9.91. The monoisotopic (exact) mass is 474 g/mol. The Morgan fingerprint density at radius 1 is 0.941 bits per heavy atom. The molecule has 0 radical (unpaired) electrons. The van der Waals surface area contributed by atoms with Crippen LogP contribution in [0, 0.1) is 0 Å². The van der Waals surface area contributed by atoms with E-state index in [1.807, 2.05) is 30.3 Å². The number of alkyl carbamates (subject to hydrolysis) is 1. The van der Waals surface area contributed by atoms with E-state index in [4.69, 9.17) is 9.84 Å². The van der Waals surface area contributed by atoms with E-state index in [0.29, 0.717) is 12.8 Å². The molecule has 0 spiro atoms. The minimum atomic E-state index is -1.05. The fourth-order valence-electron chi connectivity index (χ4n) is 4.73. The quantitative estimate of drug-likeness (QED) is 0.416. The second-order valence-corrected chi connectivity index (χ2v) is 10.8. The zero-order valence-corrected chi connectivity index (χ0v) is 21.5. The topological polar surface area (TPSA) is 87.7 Å². The molecule has 34 heavy (non-hydrogen) atoms. The van der Waals surface area contributed by atoms with E-state index in [2.05, 4.69) is 10.6 Å². The standard InChI is InChI=1S/C16H23NO4.C12H23N/c1-16(2,3)21-15(20)17-13(14(18)19)11-7-10-12-8-5-4-6-9-12;1-3-7-11(8-4-1)13-12-9-5-2-6-10-12/h4-6,8-9,13H,7,10-11H2,1-3H3,(H,17,20)(H,18,19);11-13H,1-10H2/t13-;/m1./s1. The van der Waals surface area contributed by atoms with Crippen molar-refractivity contribution < 1.29 is 19.4 Å². The van der Waals surface area contributed by atoms with Crippen LogP contribution in [0.2, 0.25) is 0 Å². The molecule has 6 heteroatoms. The minimum Gasteiger partial charge on any atom is -0.480 e. The number of carboxylic acids is 1. The molecule has 3 rings (SSSR count). The Bertz CT molecular complexity index is 689. The molecule has 0 aromatic heterocycles. The molecule has 1 amide bonds. The van der Waals surface area contributed by atoms with Gasteiger partial charge in [0.15, 0.2) is 0 Å². The number of amides is 1. The molecule has 1 aromatic carbocycles. The van der Waals surface area contributed by atoms with Crippen molar-refractivity contribution in [2.75, 3.05) is 0 Å². The van der Waals surface area contributed by atoms with E-state index >= 15 is 0 Å². The van der Waals surface area contributed by atoms with Crippen LogP contribution in [0.15, 0.2) is 30.3 Å². The predicted octanol–water partition coefficient (Wildman–Crippen LogP) is 6.23. The molecule has 1 atom stereocenters. The van der Waals surface area contributed by atoms with Crippen LogP contribution in [0.4, 0.5) is 4.79 Å². The van der Waals surface area contributed by atoms with Gasteiger partial charge in [-0.3, -0.25) is 0 Å². The molecule has 2 fully saturated rings.